The molecular weight excluding hydrogens is 516 g/mol. The number of rotatable bonds is 8. The summed E-state index contributed by atoms with van der Waals surface area (Å²) in [6, 6.07) is 15.7. The first-order chi connectivity index (χ1) is 18.9. The van der Waals surface area contributed by atoms with Gasteiger partial charge < -0.3 is 28.7 Å². The van der Waals surface area contributed by atoms with Crippen molar-refractivity contribution in [2.24, 2.45) is 0 Å². The van der Waals surface area contributed by atoms with E-state index in [0.717, 1.165) is 53.5 Å². The molecule has 0 aliphatic carbocycles. The Labute approximate surface area is 234 Å². The first-order valence-corrected chi connectivity index (χ1v) is 13.3. The van der Waals surface area contributed by atoms with Crippen molar-refractivity contribution in [2.75, 3.05) is 63.9 Å². The van der Waals surface area contributed by atoms with Crippen LogP contribution in [0.2, 0.25) is 5.02 Å². The molecule has 1 aliphatic rings. The Hall–Kier alpha value is -3.91. The van der Waals surface area contributed by atoms with Gasteiger partial charge >= 0.3 is 0 Å². The fourth-order valence-corrected chi connectivity index (χ4v) is 5.14. The molecule has 0 spiro atoms. The number of aromatic nitrogens is 2. The Kier molecular flexibility index (Phi) is 7.84. The lowest BCUT2D eigenvalue weighted by molar-refractivity contribution is 0.311. The zero-order valence-electron chi connectivity index (χ0n) is 23.0. The lowest BCUT2D eigenvalue weighted by Gasteiger charge is -2.38. The lowest BCUT2D eigenvalue weighted by atomic mass is 10.1. The first-order valence-electron chi connectivity index (χ1n) is 13.0. The molecule has 5 rings (SSSR count). The zero-order valence-corrected chi connectivity index (χ0v) is 23.7. The number of aryl methyl sites for hydroxylation is 1. The van der Waals surface area contributed by atoms with E-state index in [4.69, 9.17) is 40.5 Å². The largest absolute Gasteiger partial charge is 0.493 e. The van der Waals surface area contributed by atoms with Gasteiger partial charge in [0.15, 0.2) is 28.8 Å². The van der Waals surface area contributed by atoms with Crippen molar-refractivity contribution in [3.8, 4) is 34.4 Å². The van der Waals surface area contributed by atoms with E-state index in [1.165, 1.54) is 11.3 Å². The van der Waals surface area contributed by atoms with E-state index >= 15 is 0 Å². The summed E-state index contributed by atoms with van der Waals surface area (Å²) in [5.41, 5.74) is 3.99. The van der Waals surface area contributed by atoms with Crippen LogP contribution in [0.25, 0.3) is 22.3 Å². The summed E-state index contributed by atoms with van der Waals surface area (Å²) in [6.45, 7) is 7.85. The number of fused-ring (bicyclic) bond motifs is 1. The van der Waals surface area contributed by atoms with Gasteiger partial charge in [0.1, 0.15) is 5.82 Å². The standard InChI is InChI=1S/C30H33ClN4O4/c1-6-39-28-18-23-22(17-27(28)38-5)30(33-29(32-23)20-8-10-25(36-3)26(15-20)37-4)35-13-11-34(12-14-35)24-16-21(31)9-7-19(24)2/h7-10,15-18H,6,11-14H2,1-5H3. The van der Waals surface area contributed by atoms with Gasteiger partial charge in [-0.05, 0) is 55.8 Å². The van der Waals surface area contributed by atoms with Crippen LogP contribution >= 0.6 is 11.6 Å². The van der Waals surface area contributed by atoms with E-state index in [1.807, 2.05) is 49.4 Å². The molecule has 1 fully saturated rings. The minimum atomic E-state index is 0.521. The van der Waals surface area contributed by atoms with Crippen LogP contribution in [0, 0.1) is 6.92 Å². The molecule has 9 heteroatoms. The molecular formula is C30H33ClN4O4. The summed E-state index contributed by atoms with van der Waals surface area (Å²) in [4.78, 5) is 14.7. The van der Waals surface area contributed by atoms with Crippen LogP contribution in [-0.4, -0.2) is 64.1 Å². The van der Waals surface area contributed by atoms with E-state index < -0.39 is 0 Å². The van der Waals surface area contributed by atoms with Gasteiger partial charge in [0.25, 0.3) is 0 Å². The third kappa shape index (κ3) is 5.34. The molecule has 2 heterocycles. The number of hydrogen-bond acceptors (Lipinski definition) is 8. The number of piperazine rings is 1. The normalized spacial score (nSPS) is 13.5. The van der Waals surface area contributed by atoms with Crippen molar-refractivity contribution >= 4 is 34.0 Å². The Morgan fingerprint density at radius 3 is 2.15 bits per heavy atom. The molecule has 3 aromatic carbocycles. The van der Waals surface area contributed by atoms with Gasteiger partial charge in [-0.25, -0.2) is 9.97 Å². The maximum atomic E-state index is 6.31. The second-order valence-electron chi connectivity index (χ2n) is 9.30. The average Bonchev–Trinajstić information content (AvgIpc) is 2.97. The fraction of sp³-hybridized carbons (Fsp3) is 0.333. The monoisotopic (exact) mass is 548 g/mol. The van der Waals surface area contributed by atoms with E-state index in [1.54, 1.807) is 21.3 Å². The highest BCUT2D eigenvalue weighted by Gasteiger charge is 2.24. The number of anilines is 2. The van der Waals surface area contributed by atoms with Crippen LogP contribution in [0.1, 0.15) is 12.5 Å². The van der Waals surface area contributed by atoms with Crippen molar-refractivity contribution in [1.29, 1.82) is 0 Å². The van der Waals surface area contributed by atoms with Crippen molar-refractivity contribution in [1.82, 2.24) is 9.97 Å². The third-order valence-corrected chi connectivity index (χ3v) is 7.23. The van der Waals surface area contributed by atoms with E-state index in [-0.39, 0.29) is 0 Å². The number of methoxy groups -OCH3 is 3. The molecule has 39 heavy (non-hydrogen) atoms. The highest BCUT2D eigenvalue weighted by atomic mass is 35.5. The molecule has 1 saturated heterocycles. The Morgan fingerprint density at radius 2 is 1.46 bits per heavy atom. The van der Waals surface area contributed by atoms with E-state index in [9.17, 15) is 0 Å². The quantitative estimate of drug-likeness (QED) is 0.265. The van der Waals surface area contributed by atoms with Gasteiger partial charge in [0.2, 0.25) is 0 Å². The van der Waals surface area contributed by atoms with Gasteiger partial charge in [0.05, 0.1) is 33.5 Å². The molecule has 204 valence electrons. The molecule has 0 bridgehead atoms. The third-order valence-electron chi connectivity index (χ3n) is 6.99. The second-order valence-corrected chi connectivity index (χ2v) is 9.74. The SMILES string of the molecule is CCOc1cc2nc(-c3ccc(OC)c(OC)c3)nc(N3CCN(c4cc(Cl)ccc4C)CC3)c2cc1OC. The van der Waals surface area contributed by atoms with Crippen molar-refractivity contribution in [3.63, 3.8) is 0 Å². The van der Waals surface area contributed by atoms with Crippen molar-refractivity contribution < 1.29 is 18.9 Å². The number of nitrogens with zero attached hydrogens (tertiary/aromatic N) is 4. The number of halogens is 1. The number of benzene rings is 3. The van der Waals surface area contributed by atoms with Crippen molar-refractivity contribution in [2.45, 2.75) is 13.8 Å². The van der Waals surface area contributed by atoms with Gasteiger partial charge in [-0.15, -0.1) is 0 Å². The maximum absolute atomic E-state index is 6.31. The highest BCUT2D eigenvalue weighted by Crippen LogP contribution is 2.38. The van der Waals surface area contributed by atoms with Gasteiger partial charge in [-0.2, -0.15) is 0 Å². The van der Waals surface area contributed by atoms with Crippen molar-refractivity contribution in [3.05, 3.63) is 59.1 Å². The second kappa shape index (κ2) is 11.5. The van der Waals surface area contributed by atoms with Crippen LogP contribution < -0.4 is 28.7 Å². The average molecular weight is 549 g/mol. The van der Waals surface area contributed by atoms with E-state index in [2.05, 4.69) is 22.8 Å². The molecule has 0 saturated carbocycles. The minimum absolute atomic E-state index is 0.521. The molecule has 0 atom stereocenters. The van der Waals surface area contributed by atoms with Crippen LogP contribution in [0.4, 0.5) is 11.5 Å². The van der Waals surface area contributed by atoms with Gasteiger partial charge in [-0.3, -0.25) is 0 Å². The molecule has 0 unspecified atom stereocenters. The number of hydrogen-bond donors (Lipinski definition) is 0. The summed E-state index contributed by atoms with van der Waals surface area (Å²) >= 11 is 6.31. The summed E-state index contributed by atoms with van der Waals surface area (Å²) in [5.74, 6) is 4.03. The smallest absolute Gasteiger partial charge is 0.163 e. The van der Waals surface area contributed by atoms with Crippen LogP contribution in [0.3, 0.4) is 0 Å². The predicted molar refractivity (Wildman–Crippen MR) is 156 cm³/mol. The predicted octanol–water partition coefficient (Wildman–Crippen LogP) is 6.01. The molecule has 0 radical (unpaired) electrons. The fourth-order valence-electron chi connectivity index (χ4n) is 4.98. The Morgan fingerprint density at radius 1 is 0.769 bits per heavy atom. The molecule has 1 aliphatic heterocycles. The summed E-state index contributed by atoms with van der Waals surface area (Å²) < 4.78 is 22.5. The Balaban J connectivity index is 1.57. The molecule has 1 aromatic heterocycles. The summed E-state index contributed by atoms with van der Waals surface area (Å²) in [6.07, 6.45) is 0. The highest BCUT2D eigenvalue weighted by molar-refractivity contribution is 6.30. The minimum Gasteiger partial charge on any atom is -0.493 e. The lowest BCUT2D eigenvalue weighted by Crippen LogP contribution is -2.47. The van der Waals surface area contributed by atoms with Gasteiger partial charge in [-0.1, -0.05) is 17.7 Å². The number of ether oxygens (including phenoxy) is 4. The van der Waals surface area contributed by atoms with E-state index in [0.29, 0.717) is 35.4 Å². The van der Waals surface area contributed by atoms with Gasteiger partial charge in [0, 0.05) is 53.9 Å². The van der Waals surface area contributed by atoms with Crippen LogP contribution in [-0.2, 0) is 0 Å². The zero-order chi connectivity index (χ0) is 27.5. The van der Waals surface area contributed by atoms with Crippen LogP contribution in [0.5, 0.6) is 23.0 Å². The Bertz CT molecular complexity index is 1490. The molecule has 0 N–H and O–H groups in total. The molecule has 4 aromatic rings. The molecule has 8 nitrogen and oxygen atoms in total. The summed E-state index contributed by atoms with van der Waals surface area (Å²) in [5, 5.41) is 1.66. The maximum Gasteiger partial charge on any atom is 0.163 e. The first kappa shape index (κ1) is 26.7. The topological polar surface area (TPSA) is 69.2 Å². The summed E-state index contributed by atoms with van der Waals surface area (Å²) in [7, 11) is 4.89. The molecule has 0 amide bonds. The van der Waals surface area contributed by atoms with Crippen LogP contribution in [0.15, 0.2) is 48.5 Å².